The number of ether oxygens (including phenoxy) is 1. The zero-order valence-electron chi connectivity index (χ0n) is 16.5. The molecule has 140 valence electrons. The fraction of sp³-hybridized carbons (Fsp3) is 0.381. The number of hydrogen-bond acceptors (Lipinski definition) is 6. The summed E-state index contributed by atoms with van der Waals surface area (Å²) >= 11 is 1.57. The first-order valence-corrected chi connectivity index (χ1v) is 10.0. The lowest BCUT2D eigenvalue weighted by atomic mass is 9.92. The average Bonchev–Trinajstić information content (AvgIpc) is 3.04. The molecular formula is C21H24N4OS. The van der Waals surface area contributed by atoms with E-state index < -0.39 is 0 Å². The van der Waals surface area contributed by atoms with Gasteiger partial charge in [-0.05, 0) is 62.4 Å². The van der Waals surface area contributed by atoms with Gasteiger partial charge >= 0.3 is 0 Å². The summed E-state index contributed by atoms with van der Waals surface area (Å²) in [4.78, 5) is 6.88. The second kappa shape index (κ2) is 6.93. The van der Waals surface area contributed by atoms with E-state index in [-0.39, 0.29) is 0 Å². The summed E-state index contributed by atoms with van der Waals surface area (Å²) in [6.07, 6.45) is 2.19. The summed E-state index contributed by atoms with van der Waals surface area (Å²) in [5.74, 6) is 0.909. The van der Waals surface area contributed by atoms with Crippen molar-refractivity contribution in [1.82, 2.24) is 4.98 Å². The van der Waals surface area contributed by atoms with Crippen LogP contribution in [0.3, 0.4) is 0 Å². The van der Waals surface area contributed by atoms with Crippen molar-refractivity contribution in [3.63, 3.8) is 0 Å². The average molecular weight is 381 g/mol. The number of fused-ring (bicyclic) bond motifs is 2. The van der Waals surface area contributed by atoms with Crippen LogP contribution in [0.5, 0.6) is 5.75 Å². The molecule has 0 saturated carbocycles. The van der Waals surface area contributed by atoms with Crippen LogP contribution < -0.4 is 9.64 Å². The molecule has 3 aromatic rings. The molecule has 6 heteroatoms. The molecule has 0 aliphatic carbocycles. The number of azo groups is 1. The third kappa shape index (κ3) is 3.08. The number of aromatic nitrogens is 1. The predicted molar refractivity (Wildman–Crippen MR) is 113 cm³/mol. The highest BCUT2D eigenvalue weighted by Crippen LogP contribution is 2.46. The van der Waals surface area contributed by atoms with Gasteiger partial charge in [-0.3, -0.25) is 0 Å². The Labute approximate surface area is 163 Å². The van der Waals surface area contributed by atoms with Gasteiger partial charge in [0.1, 0.15) is 5.75 Å². The van der Waals surface area contributed by atoms with Crippen LogP contribution >= 0.6 is 11.3 Å². The number of aryl methyl sites for hydroxylation is 1. The van der Waals surface area contributed by atoms with Gasteiger partial charge in [0.2, 0.25) is 5.13 Å². The van der Waals surface area contributed by atoms with Crippen LogP contribution in [0.4, 0.5) is 16.5 Å². The number of thiazole rings is 1. The largest absolute Gasteiger partial charge is 0.494 e. The number of anilines is 1. The van der Waals surface area contributed by atoms with Gasteiger partial charge in [0.25, 0.3) is 0 Å². The van der Waals surface area contributed by atoms with Crippen molar-refractivity contribution in [3.05, 3.63) is 40.5 Å². The van der Waals surface area contributed by atoms with E-state index in [4.69, 9.17) is 4.74 Å². The topological polar surface area (TPSA) is 50.1 Å². The van der Waals surface area contributed by atoms with Gasteiger partial charge in [-0.15, -0.1) is 10.2 Å². The smallest absolute Gasteiger partial charge is 0.231 e. The van der Waals surface area contributed by atoms with Gasteiger partial charge in [0, 0.05) is 19.2 Å². The minimum absolute atomic E-state index is 0.684. The Bertz CT molecular complexity index is 1030. The highest BCUT2D eigenvalue weighted by atomic mass is 32.1. The maximum absolute atomic E-state index is 5.77. The molecule has 4 rings (SSSR count). The van der Waals surface area contributed by atoms with Crippen molar-refractivity contribution >= 4 is 38.1 Å². The molecule has 0 unspecified atom stereocenters. The molecule has 0 radical (unpaired) electrons. The third-order valence-corrected chi connectivity index (χ3v) is 6.18. The molecule has 0 fully saturated rings. The lowest BCUT2D eigenvalue weighted by Gasteiger charge is -2.32. The summed E-state index contributed by atoms with van der Waals surface area (Å²) in [7, 11) is 3.86. The summed E-state index contributed by atoms with van der Waals surface area (Å²) in [5, 5.41) is 9.76. The van der Waals surface area contributed by atoms with Gasteiger partial charge in [0.15, 0.2) is 0 Å². The van der Waals surface area contributed by atoms with E-state index >= 15 is 0 Å². The van der Waals surface area contributed by atoms with Crippen molar-refractivity contribution in [2.75, 3.05) is 25.6 Å². The van der Waals surface area contributed by atoms with E-state index in [9.17, 15) is 0 Å². The van der Waals surface area contributed by atoms with Gasteiger partial charge in [-0.2, -0.15) is 0 Å². The van der Waals surface area contributed by atoms with Crippen LogP contribution in [0, 0.1) is 20.8 Å². The van der Waals surface area contributed by atoms with Crippen molar-refractivity contribution in [2.45, 2.75) is 33.6 Å². The Morgan fingerprint density at radius 1 is 1.15 bits per heavy atom. The van der Waals surface area contributed by atoms with Crippen molar-refractivity contribution < 1.29 is 4.74 Å². The van der Waals surface area contributed by atoms with Crippen LogP contribution in [-0.2, 0) is 6.42 Å². The Morgan fingerprint density at radius 3 is 2.74 bits per heavy atom. The number of rotatable bonds is 3. The fourth-order valence-corrected chi connectivity index (χ4v) is 4.78. The molecule has 0 atom stereocenters. The monoisotopic (exact) mass is 380 g/mol. The zero-order valence-corrected chi connectivity index (χ0v) is 17.3. The molecule has 2 heterocycles. The minimum Gasteiger partial charge on any atom is -0.494 e. The number of benzene rings is 2. The first kappa shape index (κ1) is 17.9. The van der Waals surface area contributed by atoms with Crippen molar-refractivity contribution in [1.29, 1.82) is 0 Å². The van der Waals surface area contributed by atoms with E-state index in [1.165, 1.54) is 22.4 Å². The highest BCUT2D eigenvalue weighted by Gasteiger charge is 2.25. The minimum atomic E-state index is 0.684. The van der Waals surface area contributed by atoms with Gasteiger partial charge < -0.3 is 9.64 Å². The number of hydrogen-bond donors (Lipinski definition) is 0. The van der Waals surface area contributed by atoms with Crippen molar-refractivity contribution in [2.24, 2.45) is 10.2 Å². The van der Waals surface area contributed by atoms with Gasteiger partial charge in [0.05, 0.1) is 28.7 Å². The standard InChI is InChI=1S/C21H24N4OS/c1-12-8-9-16-17(11-12)27-21(22-16)24-23-18-13(2)15-7-6-10-25(4)19(15)20(26-5)14(18)3/h8-9,11H,6-7,10H2,1-5H3. The summed E-state index contributed by atoms with van der Waals surface area (Å²) < 4.78 is 6.91. The maximum Gasteiger partial charge on any atom is 0.231 e. The Hall–Kier alpha value is -2.47. The molecule has 1 aromatic heterocycles. The van der Waals surface area contributed by atoms with Gasteiger partial charge in [-0.25, -0.2) is 4.98 Å². The molecule has 0 bridgehead atoms. The van der Waals surface area contributed by atoms with E-state index in [2.05, 4.69) is 60.1 Å². The lowest BCUT2D eigenvalue weighted by molar-refractivity contribution is 0.410. The first-order chi connectivity index (χ1) is 13.0. The molecule has 0 amide bonds. The van der Waals surface area contributed by atoms with Crippen LogP contribution in [0.15, 0.2) is 28.4 Å². The number of methoxy groups -OCH3 is 1. The molecule has 0 saturated heterocycles. The molecule has 2 aromatic carbocycles. The van der Waals surface area contributed by atoms with Crippen LogP contribution in [0.1, 0.15) is 28.7 Å². The summed E-state index contributed by atoms with van der Waals surface area (Å²) in [6.45, 7) is 7.34. The zero-order chi connectivity index (χ0) is 19.1. The van der Waals surface area contributed by atoms with Crippen LogP contribution in [0.25, 0.3) is 10.2 Å². The number of nitrogens with zero attached hydrogens (tertiary/aromatic N) is 4. The molecule has 27 heavy (non-hydrogen) atoms. The predicted octanol–water partition coefficient (Wildman–Crippen LogP) is 6.03. The molecule has 5 nitrogen and oxygen atoms in total. The van der Waals surface area contributed by atoms with Gasteiger partial charge in [-0.1, -0.05) is 17.4 Å². The third-order valence-electron chi connectivity index (χ3n) is 5.28. The Morgan fingerprint density at radius 2 is 1.96 bits per heavy atom. The molecule has 1 aliphatic rings. The molecule has 0 N–H and O–H groups in total. The SMILES string of the molecule is COc1c(C)c(N=Nc2nc3ccc(C)cc3s2)c(C)c2c1N(C)CCC2. The molecular weight excluding hydrogens is 356 g/mol. The van der Waals surface area contributed by atoms with E-state index in [0.29, 0.717) is 5.13 Å². The van der Waals surface area contributed by atoms with E-state index in [1.54, 1.807) is 18.4 Å². The quantitative estimate of drug-likeness (QED) is 0.521. The van der Waals surface area contributed by atoms with E-state index in [0.717, 1.165) is 46.6 Å². The van der Waals surface area contributed by atoms with Crippen molar-refractivity contribution in [3.8, 4) is 5.75 Å². The second-order valence-corrected chi connectivity index (χ2v) is 8.16. The fourth-order valence-electron chi connectivity index (χ4n) is 3.89. The normalized spacial score (nSPS) is 14.2. The summed E-state index contributed by atoms with van der Waals surface area (Å²) in [5.41, 5.74) is 7.84. The highest BCUT2D eigenvalue weighted by molar-refractivity contribution is 7.21. The summed E-state index contributed by atoms with van der Waals surface area (Å²) in [6, 6.07) is 6.25. The maximum atomic E-state index is 5.77. The van der Waals surface area contributed by atoms with Crippen LogP contribution in [0.2, 0.25) is 0 Å². The Kier molecular flexibility index (Phi) is 4.60. The second-order valence-electron chi connectivity index (χ2n) is 7.15. The van der Waals surface area contributed by atoms with Crippen LogP contribution in [-0.4, -0.2) is 25.7 Å². The first-order valence-electron chi connectivity index (χ1n) is 9.19. The molecule has 0 spiro atoms. The Balaban J connectivity index is 1.80. The van der Waals surface area contributed by atoms with E-state index in [1.807, 2.05) is 6.07 Å². The lowest BCUT2D eigenvalue weighted by Crippen LogP contribution is -2.26. The molecule has 1 aliphatic heterocycles.